The number of hydrogen-bond acceptors (Lipinski definition) is 2. The molecular weight excluding hydrogens is 128 g/mol. The van der Waals surface area contributed by atoms with Gasteiger partial charge >= 0.3 is 0 Å². The predicted octanol–water partition coefficient (Wildman–Crippen LogP) is 1.49. The van der Waals surface area contributed by atoms with E-state index in [1.54, 1.807) is 0 Å². The minimum atomic E-state index is -2.65. The standard InChI is InChI=1S/C5H7F2NO/c1-4(3-8-9)2-5(4,6)7/h3,9H,2H2,1H3. The maximum Gasteiger partial charge on any atom is 0.259 e. The van der Waals surface area contributed by atoms with E-state index in [0.29, 0.717) is 0 Å². The molecule has 1 saturated carbocycles. The van der Waals surface area contributed by atoms with Gasteiger partial charge in [0.2, 0.25) is 0 Å². The Balaban J connectivity index is 2.63. The van der Waals surface area contributed by atoms with E-state index >= 15 is 0 Å². The van der Waals surface area contributed by atoms with Crippen molar-refractivity contribution in [3.05, 3.63) is 0 Å². The second-order valence-electron chi connectivity index (χ2n) is 2.54. The molecule has 0 aromatic rings. The lowest BCUT2D eigenvalue weighted by molar-refractivity contribution is 0.0898. The van der Waals surface area contributed by atoms with E-state index in [4.69, 9.17) is 5.21 Å². The average Bonchev–Trinajstić information content (AvgIpc) is 2.07. The highest BCUT2D eigenvalue weighted by atomic mass is 19.3. The van der Waals surface area contributed by atoms with E-state index in [1.165, 1.54) is 6.92 Å². The van der Waals surface area contributed by atoms with Crippen LogP contribution in [0.1, 0.15) is 13.3 Å². The van der Waals surface area contributed by atoms with Crippen molar-refractivity contribution >= 4 is 6.21 Å². The fraction of sp³-hybridized carbons (Fsp3) is 0.800. The summed E-state index contributed by atoms with van der Waals surface area (Å²) in [4.78, 5) is 0. The fourth-order valence-corrected chi connectivity index (χ4v) is 0.685. The van der Waals surface area contributed by atoms with Crippen LogP contribution >= 0.6 is 0 Å². The molecule has 1 aliphatic rings. The monoisotopic (exact) mass is 135 g/mol. The van der Waals surface area contributed by atoms with Crippen LogP contribution in [0.3, 0.4) is 0 Å². The molecule has 9 heavy (non-hydrogen) atoms. The predicted molar refractivity (Wildman–Crippen MR) is 27.9 cm³/mol. The lowest BCUT2D eigenvalue weighted by atomic mass is 10.2. The zero-order valence-electron chi connectivity index (χ0n) is 4.93. The van der Waals surface area contributed by atoms with Crippen molar-refractivity contribution in [1.29, 1.82) is 0 Å². The van der Waals surface area contributed by atoms with E-state index in [-0.39, 0.29) is 6.42 Å². The van der Waals surface area contributed by atoms with Gasteiger partial charge in [-0.1, -0.05) is 0 Å². The molecule has 52 valence electrons. The number of hydrogen-bond donors (Lipinski definition) is 1. The van der Waals surface area contributed by atoms with Gasteiger partial charge in [-0.05, 0) is 6.92 Å². The highest BCUT2D eigenvalue weighted by Gasteiger charge is 2.67. The van der Waals surface area contributed by atoms with Crippen molar-refractivity contribution in [3.8, 4) is 0 Å². The van der Waals surface area contributed by atoms with E-state index in [2.05, 4.69) is 5.16 Å². The maximum atomic E-state index is 12.2. The van der Waals surface area contributed by atoms with Crippen LogP contribution in [0.25, 0.3) is 0 Å². The van der Waals surface area contributed by atoms with Gasteiger partial charge in [-0.15, -0.1) is 5.16 Å². The minimum absolute atomic E-state index is 0.204. The number of halogens is 2. The van der Waals surface area contributed by atoms with Crippen molar-refractivity contribution < 1.29 is 14.0 Å². The summed E-state index contributed by atoms with van der Waals surface area (Å²) in [6.07, 6.45) is 0.678. The normalized spacial score (nSPS) is 39.4. The Hall–Kier alpha value is -0.670. The van der Waals surface area contributed by atoms with Crippen LogP contribution in [-0.2, 0) is 0 Å². The molecule has 0 heterocycles. The third-order valence-electron chi connectivity index (χ3n) is 1.64. The van der Waals surface area contributed by atoms with Crippen LogP contribution in [0.2, 0.25) is 0 Å². The van der Waals surface area contributed by atoms with E-state index in [1.807, 2.05) is 0 Å². The average molecular weight is 135 g/mol. The van der Waals surface area contributed by atoms with Gasteiger partial charge < -0.3 is 5.21 Å². The number of alkyl halides is 2. The Labute approximate surface area is 51.2 Å². The fourth-order valence-electron chi connectivity index (χ4n) is 0.685. The summed E-state index contributed by atoms with van der Waals surface area (Å²) in [5.41, 5.74) is -1.18. The quantitative estimate of drug-likeness (QED) is 0.330. The van der Waals surface area contributed by atoms with Gasteiger partial charge in [0.25, 0.3) is 5.92 Å². The third kappa shape index (κ3) is 0.781. The maximum absolute atomic E-state index is 12.2. The number of nitrogens with zero attached hydrogens (tertiary/aromatic N) is 1. The van der Waals surface area contributed by atoms with Gasteiger partial charge in [0.15, 0.2) is 0 Å². The Bertz CT molecular complexity index is 157. The van der Waals surface area contributed by atoms with Crippen LogP contribution < -0.4 is 0 Å². The lowest BCUT2D eigenvalue weighted by Gasteiger charge is -1.97. The summed E-state index contributed by atoms with van der Waals surface area (Å²) >= 11 is 0. The van der Waals surface area contributed by atoms with Crippen molar-refractivity contribution in [2.45, 2.75) is 19.3 Å². The molecule has 0 amide bonds. The summed E-state index contributed by atoms with van der Waals surface area (Å²) in [6, 6.07) is 0. The summed E-state index contributed by atoms with van der Waals surface area (Å²) in [6.45, 7) is 1.35. The molecule has 0 aromatic heterocycles. The van der Waals surface area contributed by atoms with E-state index in [9.17, 15) is 8.78 Å². The van der Waals surface area contributed by atoms with Gasteiger partial charge in [-0.3, -0.25) is 0 Å². The first-order valence-corrected chi connectivity index (χ1v) is 2.58. The van der Waals surface area contributed by atoms with E-state index < -0.39 is 11.3 Å². The molecule has 1 aliphatic carbocycles. The van der Waals surface area contributed by atoms with Gasteiger partial charge in [0.1, 0.15) is 0 Å². The van der Waals surface area contributed by atoms with Crippen molar-refractivity contribution in [2.24, 2.45) is 10.6 Å². The second kappa shape index (κ2) is 1.43. The molecule has 0 spiro atoms. The Morgan fingerprint density at radius 3 is 2.22 bits per heavy atom. The summed E-state index contributed by atoms with van der Waals surface area (Å²) < 4.78 is 24.3. The van der Waals surface area contributed by atoms with Crippen LogP contribution in [-0.4, -0.2) is 17.3 Å². The topological polar surface area (TPSA) is 32.6 Å². The van der Waals surface area contributed by atoms with Crippen LogP contribution in [0, 0.1) is 5.41 Å². The highest BCUT2D eigenvalue weighted by Crippen LogP contribution is 2.58. The summed E-state index contributed by atoms with van der Waals surface area (Å²) in [5.74, 6) is -2.65. The largest absolute Gasteiger partial charge is 0.411 e. The van der Waals surface area contributed by atoms with Gasteiger partial charge in [0.05, 0.1) is 11.6 Å². The summed E-state index contributed by atoms with van der Waals surface area (Å²) in [5, 5.41) is 10.5. The number of rotatable bonds is 1. The molecule has 2 nitrogen and oxygen atoms in total. The highest BCUT2D eigenvalue weighted by molar-refractivity contribution is 5.71. The Kier molecular flexibility index (Phi) is 1.03. The molecule has 4 heteroatoms. The van der Waals surface area contributed by atoms with Crippen molar-refractivity contribution in [1.82, 2.24) is 0 Å². The SMILES string of the molecule is CC1(C=NO)CC1(F)F. The molecule has 0 saturated heterocycles. The molecule has 0 radical (unpaired) electrons. The van der Waals surface area contributed by atoms with Crippen molar-refractivity contribution in [2.75, 3.05) is 0 Å². The Morgan fingerprint density at radius 2 is 2.11 bits per heavy atom. The van der Waals surface area contributed by atoms with Crippen LogP contribution in [0.15, 0.2) is 5.16 Å². The zero-order valence-corrected chi connectivity index (χ0v) is 4.93. The zero-order chi connectivity index (χ0) is 7.12. The van der Waals surface area contributed by atoms with Crippen LogP contribution in [0.5, 0.6) is 0 Å². The molecule has 1 rings (SSSR count). The smallest absolute Gasteiger partial charge is 0.259 e. The minimum Gasteiger partial charge on any atom is -0.411 e. The molecule has 1 fully saturated rings. The molecule has 1 unspecified atom stereocenters. The van der Waals surface area contributed by atoms with Crippen LogP contribution in [0.4, 0.5) is 8.78 Å². The second-order valence-corrected chi connectivity index (χ2v) is 2.54. The Morgan fingerprint density at radius 1 is 1.67 bits per heavy atom. The van der Waals surface area contributed by atoms with Gasteiger partial charge in [-0.2, -0.15) is 0 Å². The lowest BCUT2D eigenvalue weighted by Crippen LogP contribution is -2.07. The summed E-state index contributed by atoms with van der Waals surface area (Å²) in [7, 11) is 0. The first kappa shape index (κ1) is 6.45. The van der Waals surface area contributed by atoms with Crippen molar-refractivity contribution in [3.63, 3.8) is 0 Å². The molecule has 0 aromatic carbocycles. The number of oxime groups is 1. The molecule has 0 bridgehead atoms. The molecule has 0 aliphatic heterocycles. The molecular formula is C5H7F2NO. The first-order chi connectivity index (χ1) is 4.02. The van der Waals surface area contributed by atoms with Gasteiger partial charge in [-0.25, -0.2) is 8.78 Å². The molecule has 1 atom stereocenters. The first-order valence-electron chi connectivity index (χ1n) is 2.58. The van der Waals surface area contributed by atoms with E-state index in [0.717, 1.165) is 6.21 Å². The van der Waals surface area contributed by atoms with Gasteiger partial charge in [0, 0.05) is 6.42 Å². The molecule has 1 N–H and O–H groups in total. The third-order valence-corrected chi connectivity index (χ3v) is 1.64.